The third kappa shape index (κ3) is 4.84. The number of amides is 1. The van der Waals surface area contributed by atoms with Gasteiger partial charge >= 0.3 is 6.09 Å². The van der Waals surface area contributed by atoms with Crippen LogP contribution < -0.4 is 0 Å². The third-order valence-corrected chi connectivity index (χ3v) is 1.70. The lowest BCUT2D eigenvalue weighted by atomic mass is 10.1. The zero-order valence-electron chi connectivity index (χ0n) is 9.45. The maximum absolute atomic E-state index is 10.8. The summed E-state index contributed by atoms with van der Waals surface area (Å²) in [5.41, 5.74) is -0.478. The Kier molecular flexibility index (Phi) is 5.20. The van der Waals surface area contributed by atoms with Crippen molar-refractivity contribution in [2.45, 2.75) is 52.5 Å². The molecule has 0 saturated carbocycles. The second-order valence-electron chi connectivity index (χ2n) is 4.21. The number of carbonyl (C=O) groups is 1. The van der Waals surface area contributed by atoms with E-state index in [0.717, 1.165) is 24.3 Å². The first-order valence-corrected chi connectivity index (χ1v) is 4.95. The van der Waals surface area contributed by atoms with E-state index in [-0.39, 0.29) is 0 Å². The first-order valence-electron chi connectivity index (χ1n) is 4.95. The summed E-state index contributed by atoms with van der Waals surface area (Å²) < 4.78 is 0. The van der Waals surface area contributed by atoms with Crippen LogP contribution in [0.1, 0.15) is 47.0 Å². The maximum Gasteiger partial charge on any atom is 0.428 e. The Morgan fingerprint density at radius 3 is 2.43 bits per heavy atom. The molecule has 0 aromatic heterocycles. The fourth-order valence-electron chi connectivity index (χ4n) is 0.944. The van der Waals surface area contributed by atoms with Crippen LogP contribution in [0.5, 0.6) is 0 Å². The molecule has 82 valence electrons. The van der Waals surface area contributed by atoms with Gasteiger partial charge in [-0.15, -0.1) is 0 Å². The van der Waals surface area contributed by atoms with Crippen LogP contribution in [0.15, 0.2) is 5.10 Å². The standard InChI is InChI=1S/C10H20N2O2/c1-5-6-7-8-11-12(9(13)14)10(2,3)4/h8H,5-7H2,1-4H3,(H,13,14). The lowest BCUT2D eigenvalue weighted by Gasteiger charge is -2.27. The fourth-order valence-corrected chi connectivity index (χ4v) is 0.944. The van der Waals surface area contributed by atoms with E-state index in [9.17, 15) is 4.79 Å². The van der Waals surface area contributed by atoms with Crippen LogP contribution in [-0.4, -0.2) is 28.0 Å². The van der Waals surface area contributed by atoms with Crippen molar-refractivity contribution in [1.29, 1.82) is 0 Å². The molecular formula is C10H20N2O2. The Bertz CT molecular complexity index is 207. The molecule has 0 fully saturated rings. The number of rotatable bonds is 4. The van der Waals surface area contributed by atoms with Gasteiger partial charge in [0.05, 0.1) is 5.54 Å². The number of hydrazone groups is 1. The van der Waals surface area contributed by atoms with E-state index in [1.165, 1.54) is 0 Å². The maximum atomic E-state index is 10.8. The Morgan fingerprint density at radius 2 is 2.07 bits per heavy atom. The van der Waals surface area contributed by atoms with E-state index >= 15 is 0 Å². The number of hydrogen-bond donors (Lipinski definition) is 1. The van der Waals surface area contributed by atoms with Gasteiger partial charge in [-0.05, 0) is 33.6 Å². The molecule has 0 bridgehead atoms. The molecule has 4 heteroatoms. The normalized spacial score (nSPS) is 12.0. The molecule has 0 aliphatic rings. The van der Waals surface area contributed by atoms with Crippen LogP contribution in [0, 0.1) is 0 Å². The zero-order chi connectivity index (χ0) is 11.2. The smallest absolute Gasteiger partial charge is 0.428 e. The van der Waals surface area contributed by atoms with Crippen molar-refractivity contribution in [1.82, 2.24) is 5.01 Å². The third-order valence-electron chi connectivity index (χ3n) is 1.70. The van der Waals surface area contributed by atoms with Gasteiger partial charge in [-0.2, -0.15) is 10.1 Å². The summed E-state index contributed by atoms with van der Waals surface area (Å²) >= 11 is 0. The highest BCUT2D eigenvalue weighted by Gasteiger charge is 2.25. The Morgan fingerprint density at radius 1 is 1.50 bits per heavy atom. The van der Waals surface area contributed by atoms with Crippen LogP contribution >= 0.6 is 0 Å². The van der Waals surface area contributed by atoms with Crippen molar-refractivity contribution in [2.75, 3.05) is 0 Å². The highest BCUT2D eigenvalue weighted by molar-refractivity contribution is 5.68. The molecule has 0 rings (SSSR count). The van der Waals surface area contributed by atoms with Gasteiger partial charge < -0.3 is 5.11 Å². The van der Waals surface area contributed by atoms with Gasteiger partial charge in [0.1, 0.15) is 0 Å². The van der Waals surface area contributed by atoms with E-state index in [2.05, 4.69) is 12.0 Å². The monoisotopic (exact) mass is 200 g/mol. The van der Waals surface area contributed by atoms with Crippen molar-refractivity contribution in [3.05, 3.63) is 0 Å². The summed E-state index contributed by atoms with van der Waals surface area (Å²) in [4.78, 5) is 10.8. The molecule has 0 heterocycles. The number of hydrogen-bond acceptors (Lipinski definition) is 2. The lowest BCUT2D eigenvalue weighted by Crippen LogP contribution is -2.40. The van der Waals surface area contributed by atoms with E-state index in [1.807, 2.05) is 20.8 Å². The van der Waals surface area contributed by atoms with Crippen LogP contribution in [0.2, 0.25) is 0 Å². The molecule has 1 N–H and O–H groups in total. The van der Waals surface area contributed by atoms with Gasteiger partial charge in [-0.3, -0.25) is 0 Å². The molecule has 0 atom stereocenters. The van der Waals surface area contributed by atoms with E-state index < -0.39 is 11.6 Å². The van der Waals surface area contributed by atoms with Crippen molar-refractivity contribution in [3.8, 4) is 0 Å². The summed E-state index contributed by atoms with van der Waals surface area (Å²) in [6.07, 6.45) is 3.62. The van der Waals surface area contributed by atoms with Crippen molar-refractivity contribution in [2.24, 2.45) is 5.10 Å². The Balaban J connectivity index is 4.25. The minimum atomic E-state index is -1.01. The summed E-state index contributed by atoms with van der Waals surface area (Å²) in [6, 6.07) is 0. The highest BCUT2D eigenvalue weighted by atomic mass is 16.4. The summed E-state index contributed by atoms with van der Waals surface area (Å²) in [5.74, 6) is 0. The quantitative estimate of drug-likeness (QED) is 0.431. The van der Waals surface area contributed by atoms with Gasteiger partial charge in [0.15, 0.2) is 0 Å². The lowest BCUT2D eigenvalue weighted by molar-refractivity contribution is 0.103. The molecule has 0 aliphatic heterocycles. The topological polar surface area (TPSA) is 52.9 Å². The molecule has 0 aliphatic carbocycles. The second kappa shape index (κ2) is 5.62. The van der Waals surface area contributed by atoms with Crippen molar-refractivity contribution in [3.63, 3.8) is 0 Å². The minimum absolute atomic E-state index is 0.478. The van der Waals surface area contributed by atoms with Crippen molar-refractivity contribution < 1.29 is 9.90 Å². The molecule has 0 unspecified atom stereocenters. The van der Waals surface area contributed by atoms with Crippen LogP contribution in [0.3, 0.4) is 0 Å². The SMILES string of the molecule is CCCCC=NN(C(=O)O)C(C)(C)C. The Labute approximate surface area is 85.6 Å². The first-order chi connectivity index (χ1) is 6.39. The minimum Gasteiger partial charge on any atom is -0.464 e. The average molecular weight is 200 g/mol. The number of unbranched alkanes of at least 4 members (excludes halogenated alkanes) is 2. The second-order valence-corrected chi connectivity index (χ2v) is 4.21. The molecule has 0 radical (unpaired) electrons. The zero-order valence-corrected chi connectivity index (χ0v) is 9.45. The summed E-state index contributed by atoms with van der Waals surface area (Å²) in [7, 11) is 0. The van der Waals surface area contributed by atoms with Gasteiger partial charge in [-0.25, -0.2) is 4.79 Å². The predicted molar refractivity (Wildman–Crippen MR) is 57.6 cm³/mol. The molecule has 1 amide bonds. The fraction of sp³-hybridized carbons (Fsp3) is 0.800. The molecule has 0 spiro atoms. The molecular weight excluding hydrogens is 180 g/mol. The van der Waals surface area contributed by atoms with E-state index in [1.54, 1.807) is 6.21 Å². The van der Waals surface area contributed by atoms with Crippen molar-refractivity contribution >= 4 is 12.3 Å². The van der Waals surface area contributed by atoms with Gasteiger partial charge in [-0.1, -0.05) is 13.3 Å². The summed E-state index contributed by atoms with van der Waals surface area (Å²) in [6.45, 7) is 7.54. The first kappa shape index (κ1) is 12.9. The van der Waals surface area contributed by atoms with Crippen LogP contribution in [0.4, 0.5) is 4.79 Å². The molecule has 4 nitrogen and oxygen atoms in total. The van der Waals surface area contributed by atoms with Gasteiger partial charge in [0.2, 0.25) is 0 Å². The van der Waals surface area contributed by atoms with Gasteiger partial charge in [0, 0.05) is 6.21 Å². The van der Waals surface area contributed by atoms with E-state index in [4.69, 9.17) is 5.11 Å². The highest BCUT2D eigenvalue weighted by Crippen LogP contribution is 2.13. The van der Waals surface area contributed by atoms with Crippen LogP contribution in [-0.2, 0) is 0 Å². The molecule has 0 aromatic carbocycles. The largest absolute Gasteiger partial charge is 0.464 e. The van der Waals surface area contributed by atoms with Gasteiger partial charge in [0.25, 0.3) is 0 Å². The van der Waals surface area contributed by atoms with E-state index in [0.29, 0.717) is 0 Å². The summed E-state index contributed by atoms with van der Waals surface area (Å²) in [5, 5.41) is 13.9. The number of carboxylic acid groups (broad SMARTS) is 1. The molecule has 14 heavy (non-hydrogen) atoms. The predicted octanol–water partition coefficient (Wildman–Crippen LogP) is 2.94. The number of nitrogens with zero attached hydrogens (tertiary/aromatic N) is 2. The molecule has 0 saturated heterocycles. The molecule has 0 aromatic rings. The average Bonchev–Trinajstić information content (AvgIpc) is 2.01. The van der Waals surface area contributed by atoms with Crippen LogP contribution in [0.25, 0.3) is 0 Å². The Hall–Kier alpha value is -1.06.